The van der Waals surface area contributed by atoms with E-state index in [1.54, 1.807) is 45.0 Å². The Balaban J connectivity index is 2.13. The van der Waals surface area contributed by atoms with E-state index in [9.17, 15) is 9.59 Å². The van der Waals surface area contributed by atoms with Crippen LogP contribution in [0.2, 0.25) is 5.02 Å². The number of ether oxygens (including phenoxy) is 1. The lowest BCUT2D eigenvalue weighted by molar-refractivity contribution is -0.118. The minimum atomic E-state index is -0.801. The first-order valence-electron chi connectivity index (χ1n) is 8.43. The second-order valence-electron chi connectivity index (χ2n) is 7.03. The van der Waals surface area contributed by atoms with Crippen molar-refractivity contribution in [2.75, 3.05) is 5.32 Å². The molecule has 2 aromatic carbocycles. The van der Waals surface area contributed by atoms with Gasteiger partial charge in [0.1, 0.15) is 11.6 Å². The maximum Gasteiger partial charge on any atom is 0.408 e. The maximum atomic E-state index is 12.8. The van der Waals surface area contributed by atoms with E-state index in [-0.39, 0.29) is 5.91 Å². The van der Waals surface area contributed by atoms with Crippen molar-refractivity contribution in [1.82, 2.24) is 5.32 Å². The van der Waals surface area contributed by atoms with Gasteiger partial charge in [-0.05, 0) is 62.7 Å². The fraction of sp³-hybridized carbons (Fsp3) is 0.300. The molecule has 1 atom stereocenters. The van der Waals surface area contributed by atoms with Gasteiger partial charge in [-0.25, -0.2) is 4.79 Å². The van der Waals surface area contributed by atoms with Crippen LogP contribution in [0.4, 0.5) is 10.5 Å². The number of nitrogens with one attached hydrogen (secondary N) is 2. The molecule has 0 spiro atoms. The molecule has 27 heavy (non-hydrogen) atoms. The number of amides is 2. The molecule has 0 aromatic heterocycles. The van der Waals surface area contributed by atoms with E-state index in [1.165, 1.54) is 0 Å². The van der Waals surface area contributed by atoms with Crippen LogP contribution < -0.4 is 10.6 Å². The molecular formula is C20H22BrClN2O3. The number of hydrogen-bond donors (Lipinski definition) is 2. The third-order valence-electron chi connectivity index (χ3n) is 3.47. The second kappa shape index (κ2) is 9.24. The summed E-state index contributed by atoms with van der Waals surface area (Å²) in [5, 5.41) is 6.07. The van der Waals surface area contributed by atoms with Crippen LogP contribution >= 0.6 is 27.5 Å². The third kappa shape index (κ3) is 7.61. The number of alkyl carbamates (subject to hydrolysis) is 1. The fourth-order valence-electron chi connectivity index (χ4n) is 2.28. The zero-order valence-corrected chi connectivity index (χ0v) is 17.7. The molecule has 144 valence electrons. The molecule has 5 nitrogen and oxygen atoms in total. The summed E-state index contributed by atoms with van der Waals surface area (Å²) in [5.74, 6) is -0.335. The average Bonchev–Trinajstić information content (AvgIpc) is 2.56. The summed E-state index contributed by atoms with van der Waals surface area (Å²) in [7, 11) is 0. The Morgan fingerprint density at radius 3 is 2.22 bits per heavy atom. The maximum absolute atomic E-state index is 12.8. The Bertz CT molecular complexity index is 786. The van der Waals surface area contributed by atoms with E-state index >= 15 is 0 Å². The summed E-state index contributed by atoms with van der Waals surface area (Å²) in [6, 6.07) is 13.5. The van der Waals surface area contributed by atoms with E-state index in [1.807, 2.05) is 24.3 Å². The number of hydrogen-bond acceptors (Lipinski definition) is 3. The molecule has 7 heteroatoms. The molecule has 0 saturated carbocycles. The highest BCUT2D eigenvalue weighted by Gasteiger charge is 2.25. The first-order valence-corrected chi connectivity index (χ1v) is 9.60. The summed E-state index contributed by atoms with van der Waals surface area (Å²) in [4.78, 5) is 24.9. The van der Waals surface area contributed by atoms with Crippen molar-refractivity contribution in [2.24, 2.45) is 0 Å². The van der Waals surface area contributed by atoms with Crippen LogP contribution in [0, 0.1) is 0 Å². The molecule has 0 aliphatic rings. The normalized spacial score (nSPS) is 12.2. The van der Waals surface area contributed by atoms with Crippen molar-refractivity contribution >= 4 is 45.2 Å². The molecule has 0 radical (unpaired) electrons. The summed E-state index contributed by atoms with van der Waals surface area (Å²) in [6.45, 7) is 5.30. The topological polar surface area (TPSA) is 67.4 Å². The van der Waals surface area contributed by atoms with Crippen LogP contribution in [0.5, 0.6) is 0 Å². The van der Waals surface area contributed by atoms with Gasteiger partial charge in [0.05, 0.1) is 0 Å². The lowest BCUT2D eigenvalue weighted by Gasteiger charge is -2.23. The van der Waals surface area contributed by atoms with Crippen molar-refractivity contribution in [3.8, 4) is 0 Å². The van der Waals surface area contributed by atoms with Crippen LogP contribution in [-0.2, 0) is 16.0 Å². The van der Waals surface area contributed by atoms with Gasteiger partial charge in [-0.3, -0.25) is 4.79 Å². The predicted octanol–water partition coefficient (Wildman–Crippen LogP) is 5.18. The Morgan fingerprint density at radius 2 is 1.67 bits per heavy atom. The van der Waals surface area contributed by atoms with Crippen LogP contribution in [0.1, 0.15) is 26.3 Å². The lowest BCUT2D eigenvalue weighted by Crippen LogP contribution is -2.47. The molecule has 2 N–H and O–H groups in total. The molecular weight excluding hydrogens is 432 g/mol. The minimum Gasteiger partial charge on any atom is -0.444 e. The summed E-state index contributed by atoms with van der Waals surface area (Å²) in [5.41, 5.74) is 0.846. The third-order valence-corrected chi connectivity index (χ3v) is 4.25. The zero-order chi connectivity index (χ0) is 20.0. The molecule has 0 fully saturated rings. The van der Waals surface area contributed by atoms with E-state index in [0.717, 1.165) is 10.0 Å². The number of rotatable bonds is 5. The predicted molar refractivity (Wildman–Crippen MR) is 111 cm³/mol. The Labute approximate surface area is 172 Å². The van der Waals surface area contributed by atoms with Gasteiger partial charge in [0.25, 0.3) is 0 Å². The summed E-state index contributed by atoms with van der Waals surface area (Å²) >= 11 is 9.27. The minimum absolute atomic E-state index is 0.304. The standard InChI is InChI=1S/C20H22BrClN2O3/c1-20(2,3)27-19(26)24-17(12-13-4-8-15(22)9-5-13)18(25)23-16-10-6-14(21)7-11-16/h4-11,17H,12H2,1-3H3,(H,23,25)(H,24,26). The molecule has 0 saturated heterocycles. The smallest absolute Gasteiger partial charge is 0.408 e. The van der Waals surface area contributed by atoms with Crippen molar-refractivity contribution < 1.29 is 14.3 Å². The molecule has 2 rings (SSSR count). The van der Waals surface area contributed by atoms with Gasteiger partial charge in [0, 0.05) is 21.6 Å². The number of anilines is 1. The van der Waals surface area contributed by atoms with Gasteiger partial charge in [-0.2, -0.15) is 0 Å². The van der Waals surface area contributed by atoms with Crippen LogP contribution in [0.25, 0.3) is 0 Å². The van der Waals surface area contributed by atoms with Crippen molar-refractivity contribution in [3.05, 3.63) is 63.6 Å². The largest absolute Gasteiger partial charge is 0.444 e. The number of carbonyl (C=O) groups is 2. The molecule has 0 aliphatic heterocycles. The Hall–Kier alpha value is -2.05. The van der Waals surface area contributed by atoms with Crippen molar-refractivity contribution in [1.29, 1.82) is 0 Å². The van der Waals surface area contributed by atoms with Gasteiger partial charge >= 0.3 is 6.09 Å². The number of halogens is 2. The Kier molecular flexibility index (Phi) is 7.27. The highest BCUT2D eigenvalue weighted by atomic mass is 79.9. The van der Waals surface area contributed by atoms with E-state index in [4.69, 9.17) is 16.3 Å². The first-order chi connectivity index (χ1) is 12.6. The molecule has 2 amide bonds. The van der Waals surface area contributed by atoms with Gasteiger partial charge < -0.3 is 15.4 Å². The molecule has 1 unspecified atom stereocenters. The molecule has 0 bridgehead atoms. The second-order valence-corrected chi connectivity index (χ2v) is 8.38. The van der Waals surface area contributed by atoms with Crippen molar-refractivity contribution in [2.45, 2.75) is 38.8 Å². The van der Waals surface area contributed by atoms with Crippen LogP contribution in [-0.4, -0.2) is 23.6 Å². The number of carbonyl (C=O) groups excluding carboxylic acids is 2. The summed E-state index contributed by atoms with van der Waals surface area (Å²) in [6.07, 6.45) is -0.342. The van der Waals surface area contributed by atoms with Gasteiger partial charge in [-0.1, -0.05) is 39.7 Å². The first kappa shape index (κ1) is 21.3. The quantitative estimate of drug-likeness (QED) is 0.656. The Morgan fingerprint density at radius 1 is 1.07 bits per heavy atom. The van der Waals surface area contributed by atoms with E-state index in [2.05, 4.69) is 26.6 Å². The van der Waals surface area contributed by atoms with Crippen molar-refractivity contribution in [3.63, 3.8) is 0 Å². The summed E-state index contributed by atoms with van der Waals surface area (Å²) < 4.78 is 6.19. The highest BCUT2D eigenvalue weighted by Crippen LogP contribution is 2.16. The highest BCUT2D eigenvalue weighted by molar-refractivity contribution is 9.10. The van der Waals surface area contributed by atoms with Gasteiger partial charge in [0.15, 0.2) is 0 Å². The SMILES string of the molecule is CC(C)(C)OC(=O)NC(Cc1ccc(Cl)cc1)C(=O)Nc1ccc(Br)cc1. The fourth-order valence-corrected chi connectivity index (χ4v) is 2.67. The number of benzene rings is 2. The molecule has 0 heterocycles. The van der Waals surface area contributed by atoms with E-state index < -0.39 is 17.7 Å². The zero-order valence-electron chi connectivity index (χ0n) is 15.4. The lowest BCUT2D eigenvalue weighted by atomic mass is 10.1. The van der Waals surface area contributed by atoms with E-state index in [0.29, 0.717) is 17.1 Å². The average molecular weight is 454 g/mol. The van der Waals surface area contributed by atoms with Gasteiger partial charge in [-0.15, -0.1) is 0 Å². The molecule has 0 aliphatic carbocycles. The van der Waals surface area contributed by atoms with Crippen LogP contribution in [0.15, 0.2) is 53.0 Å². The van der Waals surface area contributed by atoms with Crippen LogP contribution in [0.3, 0.4) is 0 Å². The van der Waals surface area contributed by atoms with Gasteiger partial charge in [0.2, 0.25) is 5.91 Å². The molecule has 2 aromatic rings. The monoisotopic (exact) mass is 452 g/mol.